The second-order valence-corrected chi connectivity index (χ2v) is 4.28. The zero-order valence-electron chi connectivity index (χ0n) is 10.3. The minimum Gasteiger partial charge on any atom is -0.461 e. The Bertz CT molecular complexity index is 536. The van der Waals surface area contributed by atoms with Crippen LogP contribution >= 0.6 is 0 Å². The van der Waals surface area contributed by atoms with E-state index in [0.717, 1.165) is 18.2 Å². The first-order valence-corrected chi connectivity index (χ1v) is 5.81. The number of rotatable bonds is 4. The van der Waals surface area contributed by atoms with Crippen LogP contribution < -0.4 is 5.32 Å². The highest BCUT2D eigenvalue weighted by Gasteiger charge is 2.11. The summed E-state index contributed by atoms with van der Waals surface area (Å²) in [6.45, 7) is 2.03. The summed E-state index contributed by atoms with van der Waals surface area (Å²) in [6.07, 6.45) is 0.722. The van der Waals surface area contributed by atoms with Crippen molar-refractivity contribution in [2.45, 2.75) is 19.4 Å². The predicted molar refractivity (Wildman–Crippen MR) is 66.3 cm³/mol. The Kier molecular flexibility index (Phi) is 3.77. The van der Waals surface area contributed by atoms with Crippen LogP contribution in [0, 0.1) is 11.6 Å². The second-order valence-electron chi connectivity index (χ2n) is 4.28. The highest BCUT2D eigenvalue weighted by atomic mass is 19.1. The molecule has 0 radical (unpaired) electrons. The van der Waals surface area contributed by atoms with Gasteiger partial charge in [0.25, 0.3) is 0 Å². The van der Waals surface area contributed by atoms with E-state index < -0.39 is 11.6 Å². The zero-order valence-corrected chi connectivity index (χ0v) is 10.3. The summed E-state index contributed by atoms with van der Waals surface area (Å²) in [5.74, 6) is -0.00854. The average molecular weight is 251 g/mol. The summed E-state index contributed by atoms with van der Waals surface area (Å²) in [7, 11) is 1.87. The van der Waals surface area contributed by atoms with Crippen LogP contribution in [0.2, 0.25) is 0 Å². The molecule has 18 heavy (non-hydrogen) atoms. The normalized spacial score (nSPS) is 12.7. The molecule has 2 aromatic rings. The first-order valence-electron chi connectivity index (χ1n) is 5.81. The van der Waals surface area contributed by atoms with Gasteiger partial charge in [-0.25, -0.2) is 8.78 Å². The van der Waals surface area contributed by atoms with Gasteiger partial charge in [0.05, 0.1) is 5.56 Å². The molecule has 1 aromatic heterocycles. The molecule has 0 saturated carbocycles. The summed E-state index contributed by atoms with van der Waals surface area (Å²) < 4.78 is 31.9. The molecule has 1 atom stereocenters. The Hall–Kier alpha value is -1.68. The standard InChI is InChI=1S/C14H15F2NO/c1-9(17-2)7-11-4-6-14(18-11)12-5-3-10(15)8-13(12)16/h3-6,8-9,17H,7H2,1-2H3. The summed E-state index contributed by atoms with van der Waals surface area (Å²) in [6, 6.07) is 7.25. The smallest absolute Gasteiger partial charge is 0.137 e. The highest BCUT2D eigenvalue weighted by Crippen LogP contribution is 2.25. The largest absolute Gasteiger partial charge is 0.461 e. The van der Waals surface area contributed by atoms with E-state index >= 15 is 0 Å². The van der Waals surface area contributed by atoms with Gasteiger partial charge in [-0.3, -0.25) is 0 Å². The van der Waals surface area contributed by atoms with Gasteiger partial charge in [0.1, 0.15) is 23.2 Å². The first kappa shape index (κ1) is 12.8. The van der Waals surface area contributed by atoms with E-state index in [-0.39, 0.29) is 11.6 Å². The lowest BCUT2D eigenvalue weighted by Gasteiger charge is -2.06. The Morgan fingerprint density at radius 3 is 2.67 bits per heavy atom. The minimum atomic E-state index is -0.613. The number of benzene rings is 1. The summed E-state index contributed by atoms with van der Waals surface area (Å²) in [4.78, 5) is 0. The maximum absolute atomic E-state index is 13.6. The summed E-state index contributed by atoms with van der Waals surface area (Å²) in [5.41, 5.74) is 0.278. The number of halogens is 2. The zero-order chi connectivity index (χ0) is 13.1. The van der Waals surface area contributed by atoms with E-state index in [0.29, 0.717) is 5.76 Å². The van der Waals surface area contributed by atoms with Gasteiger partial charge in [-0.15, -0.1) is 0 Å². The van der Waals surface area contributed by atoms with Gasteiger partial charge in [-0.05, 0) is 38.2 Å². The third kappa shape index (κ3) is 2.76. The monoisotopic (exact) mass is 251 g/mol. The fourth-order valence-electron chi connectivity index (χ4n) is 1.73. The lowest BCUT2D eigenvalue weighted by molar-refractivity contribution is 0.478. The average Bonchev–Trinajstić information content (AvgIpc) is 2.77. The molecule has 1 heterocycles. The van der Waals surface area contributed by atoms with Gasteiger partial charge in [0.2, 0.25) is 0 Å². The molecule has 1 aromatic carbocycles. The number of furan rings is 1. The lowest BCUT2D eigenvalue weighted by Crippen LogP contribution is -2.23. The number of hydrogen-bond donors (Lipinski definition) is 1. The van der Waals surface area contributed by atoms with Crippen LogP contribution in [0.15, 0.2) is 34.7 Å². The topological polar surface area (TPSA) is 25.2 Å². The van der Waals surface area contributed by atoms with Crippen molar-refractivity contribution in [1.82, 2.24) is 5.32 Å². The van der Waals surface area contributed by atoms with Crippen LogP contribution in [0.1, 0.15) is 12.7 Å². The maximum Gasteiger partial charge on any atom is 0.137 e. The second kappa shape index (κ2) is 5.31. The van der Waals surface area contributed by atoms with E-state index in [1.54, 1.807) is 6.07 Å². The Balaban J connectivity index is 2.24. The van der Waals surface area contributed by atoms with Gasteiger partial charge in [-0.2, -0.15) is 0 Å². The Morgan fingerprint density at radius 2 is 2.00 bits per heavy atom. The van der Waals surface area contributed by atoms with Crippen molar-refractivity contribution in [3.05, 3.63) is 47.7 Å². The first-order chi connectivity index (χ1) is 8.60. The molecule has 2 rings (SSSR count). The van der Waals surface area contributed by atoms with Crippen LogP contribution in [0.25, 0.3) is 11.3 Å². The third-order valence-corrected chi connectivity index (χ3v) is 2.86. The fraction of sp³-hybridized carbons (Fsp3) is 0.286. The van der Waals surface area contributed by atoms with Crippen LogP contribution in [0.3, 0.4) is 0 Å². The van der Waals surface area contributed by atoms with Crippen molar-refractivity contribution in [3.63, 3.8) is 0 Å². The quantitative estimate of drug-likeness (QED) is 0.901. The van der Waals surface area contributed by atoms with Crippen LogP contribution in [0.5, 0.6) is 0 Å². The maximum atomic E-state index is 13.6. The molecule has 0 fully saturated rings. The molecule has 0 aliphatic carbocycles. The molecule has 96 valence electrons. The van der Waals surface area contributed by atoms with E-state index in [9.17, 15) is 8.78 Å². The van der Waals surface area contributed by atoms with Crippen LogP contribution in [-0.4, -0.2) is 13.1 Å². The molecule has 0 spiro atoms. The molecular weight excluding hydrogens is 236 g/mol. The fourth-order valence-corrected chi connectivity index (χ4v) is 1.73. The third-order valence-electron chi connectivity index (χ3n) is 2.86. The van der Waals surface area contributed by atoms with Crippen LogP contribution in [-0.2, 0) is 6.42 Å². The van der Waals surface area contributed by atoms with Gasteiger partial charge in [-0.1, -0.05) is 0 Å². The van der Waals surface area contributed by atoms with Crippen molar-refractivity contribution in [2.75, 3.05) is 7.05 Å². The van der Waals surface area contributed by atoms with E-state index in [1.165, 1.54) is 12.1 Å². The summed E-state index contributed by atoms with van der Waals surface area (Å²) in [5, 5.41) is 3.10. The van der Waals surface area contributed by atoms with Crippen molar-refractivity contribution in [1.29, 1.82) is 0 Å². The van der Waals surface area contributed by atoms with Gasteiger partial charge in [0, 0.05) is 18.5 Å². The molecular formula is C14H15F2NO. The molecule has 0 saturated heterocycles. The van der Waals surface area contributed by atoms with Gasteiger partial charge in [0.15, 0.2) is 0 Å². The molecule has 0 aliphatic heterocycles. The van der Waals surface area contributed by atoms with Crippen LogP contribution in [0.4, 0.5) is 8.78 Å². The highest BCUT2D eigenvalue weighted by molar-refractivity contribution is 5.58. The van der Waals surface area contributed by atoms with E-state index in [1.807, 2.05) is 20.0 Å². The molecule has 0 amide bonds. The molecule has 4 heteroatoms. The molecule has 0 bridgehead atoms. The van der Waals surface area contributed by atoms with E-state index in [2.05, 4.69) is 5.32 Å². The molecule has 0 aliphatic rings. The molecule has 2 nitrogen and oxygen atoms in total. The van der Waals surface area contributed by atoms with Crippen molar-refractivity contribution >= 4 is 0 Å². The number of likely N-dealkylation sites (N-methyl/N-ethyl adjacent to an activating group) is 1. The van der Waals surface area contributed by atoms with Gasteiger partial charge >= 0.3 is 0 Å². The van der Waals surface area contributed by atoms with Crippen molar-refractivity contribution in [3.8, 4) is 11.3 Å². The molecule has 1 N–H and O–H groups in total. The predicted octanol–water partition coefficient (Wildman–Crippen LogP) is 3.38. The molecule has 1 unspecified atom stereocenters. The van der Waals surface area contributed by atoms with Crippen molar-refractivity contribution < 1.29 is 13.2 Å². The lowest BCUT2D eigenvalue weighted by atomic mass is 10.1. The Morgan fingerprint density at radius 1 is 1.22 bits per heavy atom. The Labute approximate surface area is 105 Å². The van der Waals surface area contributed by atoms with E-state index in [4.69, 9.17) is 4.42 Å². The number of hydrogen-bond acceptors (Lipinski definition) is 2. The minimum absolute atomic E-state index is 0.278. The summed E-state index contributed by atoms with van der Waals surface area (Å²) >= 11 is 0. The van der Waals surface area contributed by atoms with Gasteiger partial charge < -0.3 is 9.73 Å². The number of nitrogens with one attached hydrogen (secondary N) is 1. The van der Waals surface area contributed by atoms with Crippen molar-refractivity contribution in [2.24, 2.45) is 0 Å². The SMILES string of the molecule is CNC(C)Cc1ccc(-c2ccc(F)cc2F)o1.